The first-order chi connectivity index (χ1) is 12.1. The SMILES string of the molecule is COC(=O)Cc1cc(OC)ccc1S(=O)(=O)NCC(CC(C)C)C(=O)O. The molecule has 0 aromatic heterocycles. The first kappa shape index (κ1) is 21.9. The van der Waals surface area contributed by atoms with E-state index in [1.807, 2.05) is 13.8 Å². The largest absolute Gasteiger partial charge is 0.497 e. The number of methoxy groups -OCH3 is 2. The van der Waals surface area contributed by atoms with E-state index < -0.39 is 27.9 Å². The third kappa shape index (κ3) is 6.30. The Morgan fingerprint density at radius 3 is 2.38 bits per heavy atom. The van der Waals surface area contributed by atoms with Crippen LogP contribution in [-0.2, 0) is 30.8 Å². The molecule has 2 N–H and O–H groups in total. The van der Waals surface area contributed by atoms with Crippen LogP contribution < -0.4 is 9.46 Å². The van der Waals surface area contributed by atoms with E-state index in [1.54, 1.807) is 0 Å². The molecule has 1 rings (SSSR count). The molecule has 0 fully saturated rings. The number of carboxylic acid groups (broad SMARTS) is 1. The molecular formula is C17H25NO7S. The molecule has 1 aromatic rings. The predicted octanol–water partition coefficient (Wildman–Crippen LogP) is 1.44. The minimum absolute atomic E-state index is 0.108. The molecule has 1 unspecified atom stereocenters. The van der Waals surface area contributed by atoms with Gasteiger partial charge in [0.15, 0.2) is 0 Å². The lowest BCUT2D eigenvalue weighted by Crippen LogP contribution is -2.34. The van der Waals surface area contributed by atoms with E-state index in [1.165, 1.54) is 32.4 Å². The molecule has 0 aliphatic rings. The van der Waals surface area contributed by atoms with Gasteiger partial charge in [-0.05, 0) is 36.1 Å². The number of carbonyl (C=O) groups excluding carboxylic acids is 1. The number of carboxylic acids is 1. The van der Waals surface area contributed by atoms with Crippen molar-refractivity contribution in [2.24, 2.45) is 11.8 Å². The smallest absolute Gasteiger partial charge is 0.310 e. The highest BCUT2D eigenvalue weighted by molar-refractivity contribution is 7.89. The number of hydrogen-bond donors (Lipinski definition) is 2. The van der Waals surface area contributed by atoms with Crippen LogP contribution >= 0.6 is 0 Å². The normalized spacial score (nSPS) is 12.7. The van der Waals surface area contributed by atoms with Gasteiger partial charge in [-0.2, -0.15) is 0 Å². The molecule has 26 heavy (non-hydrogen) atoms. The van der Waals surface area contributed by atoms with E-state index in [-0.39, 0.29) is 29.3 Å². The second-order valence-electron chi connectivity index (χ2n) is 6.24. The Morgan fingerprint density at radius 1 is 1.23 bits per heavy atom. The summed E-state index contributed by atoms with van der Waals surface area (Å²) in [4.78, 5) is 22.8. The highest BCUT2D eigenvalue weighted by Crippen LogP contribution is 2.23. The number of esters is 1. The predicted molar refractivity (Wildman–Crippen MR) is 94.5 cm³/mol. The van der Waals surface area contributed by atoms with Crippen LogP contribution in [0.5, 0.6) is 5.75 Å². The van der Waals surface area contributed by atoms with Crippen LogP contribution in [0.15, 0.2) is 23.1 Å². The molecule has 1 atom stereocenters. The second kappa shape index (κ2) is 9.54. The van der Waals surface area contributed by atoms with E-state index in [0.717, 1.165) is 0 Å². The summed E-state index contributed by atoms with van der Waals surface area (Å²) in [5.41, 5.74) is 0.208. The molecule has 8 nitrogen and oxygen atoms in total. The van der Waals surface area contributed by atoms with Gasteiger partial charge >= 0.3 is 11.9 Å². The fourth-order valence-corrected chi connectivity index (χ4v) is 3.74. The van der Waals surface area contributed by atoms with Gasteiger partial charge < -0.3 is 14.6 Å². The summed E-state index contributed by atoms with van der Waals surface area (Å²) in [6, 6.07) is 4.21. The summed E-state index contributed by atoms with van der Waals surface area (Å²) in [6.07, 6.45) is 0.0911. The fourth-order valence-electron chi connectivity index (χ4n) is 2.44. The van der Waals surface area contributed by atoms with Gasteiger partial charge in [-0.3, -0.25) is 9.59 Å². The van der Waals surface area contributed by atoms with Crippen LogP contribution in [0.2, 0.25) is 0 Å². The molecule has 0 aliphatic carbocycles. The van der Waals surface area contributed by atoms with Crippen molar-refractivity contribution in [2.75, 3.05) is 20.8 Å². The molecule has 0 saturated carbocycles. The third-order valence-electron chi connectivity index (χ3n) is 3.74. The number of rotatable bonds is 10. The molecule has 0 aliphatic heterocycles. The Balaban J connectivity index is 3.10. The monoisotopic (exact) mass is 387 g/mol. The molecule has 146 valence electrons. The molecule has 0 amide bonds. The van der Waals surface area contributed by atoms with Crippen molar-refractivity contribution in [1.29, 1.82) is 0 Å². The lowest BCUT2D eigenvalue weighted by atomic mass is 9.98. The Kier molecular flexibility index (Phi) is 8.04. The lowest BCUT2D eigenvalue weighted by molar-refractivity contribution is -0.142. The van der Waals surface area contributed by atoms with Crippen molar-refractivity contribution in [2.45, 2.75) is 31.6 Å². The van der Waals surface area contributed by atoms with Crippen LogP contribution in [0.3, 0.4) is 0 Å². The van der Waals surface area contributed by atoms with Gasteiger partial charge in [0.05, 0.1) is 31.5 Å². The van der Waals surface area contributed by atoms with Gasteiger partial charge in [0, 0.05) is 6.54 Å². The number of hydrogen-bond acceptors (Lipinski definition) is 6. The molecule has 0 bridgehead atoms. The number of carbonyl (C=O) groups is 2. The first-order valence-electron chi connectivity index (χ1n) is 8.06. The van der Waals surface area contributed by atoms with E-state index >= 15 is 0 Å². The maximum Gasteiger partial charge on any atom is 0.310 e. The van der Waals surface area contributed by atoms with Gasteiger partial charge in [-0.25, -0.2) is 13.1 Å². The summed E-state index contributed by atoms with van der Waals surface area (Å²) in [7, 11) is -1.38. The third-order valence-corrected chi connectivity index (χ3v) is 5.27. The van der Waals surface area contributed by atoms with E-state index in [0.29, 0.717) is 12.2 Å². The zero-order chi connectivity index (χ0) is 19.9. The summed E-state index contributed by atoms with van der Waals surface area (Å²) in [5.74, 6) is -2.00. The van der Waals surface area contributed by atoms with Crippen molar-refractivity contribution in [3.05, 3.63) is 23.8 Å². The zero-order valence-corrected chi connectivity index (χ0v) is 16.1. The topological polar surface area (TPSA) is 119 Å². The van der Waals surface area contributed by atoms with Gasteiger partial charge in [0.2, 0.25) is 10.0 Å². The van der Waals surface area contributed by atoms with Gasteiger partial charge in [-0.1, -0.05) is 13.8 Å². The summed E-state index contributed by atoms with van der Waals surface area (Å²) in [6.45, 7) is 3.49. The van der Waals surface area contributed by atoms with Gasteiger partial charge in [-0.15, -0.1) is 0 Å². The Bertz CT molecular complexity index is 743. The van der Waals surface area contributed by atoms with Crippen LogP contribution in [-0.4, -0.2) is 46.2 Å². The maximum absolute atomic E-state index is 12.6. The Morgan fingerprint density at radius 2 is 1.88 bits per heavy atom. The highest BCUT2D eigenvalue weighted by atomic mass is 32.2. The number of benzene rings is 1. The maximum atomic E-state index is 12.6. The Labute approximate surface area is 153 Å². The molecule has 0 saturated heterocycles. The van der Waals surface area contributed by atoms with E-state index in [9.17, 15) is 23.1 Å². The van der Waals surface area contributed by atoms with Crippen molar-refractivity contribution in [3.8, 4) is 5.75 Å². The van der Waals surface area contributed by atoms with Crippen LogP contribution in [0.1, 0.15) is 25.8 Å². The second-order valence-corrected chi connectivity index (χ2v) is 7.98. The molecule has 0 radical (unpaired) electrons. The minimum atomic E-state index is -4.01. The van der Waals surface area contributed by atoms with Crippen LogP contribution in [0.25, 0.3) is 0 Å². The molecule has 9 heteroatoms. The molecule has 0 spiro atoms. The standard InChI is InChI=1S/C17H25NO7S/c1-11(2)7-13(17(20)21)10-18-26(22,23)15-6-5-14(24-3)8-12(15)9-16(19)25-4/h5-6,8,11,13,18H,7,9-10H2,1-4H3,(H,20,21). The van der Waals surface area contributed by atoms with Gasteiger partial charge in [0.25, 0.3) is 0 Å². The van der Waals surface area contributed by atoms with Gasteiger partial charge in [0.1, 0.15) is 5.75 Å². The fraction of sp³-hybridized carbons (Fsp3) is 0.529. The van der Waals surface area contributed by atoms with Crippen LogP contribution in [0.4, 0.5) is 0 Å². The number of aliphatic carboxylic acids is 1. The van der Waals surface area contributed by atoms with Crippen molar-refractivity contribution < 1.29 is 32.6 Å². The van der Waals surface area contributed by atoms with Crippen molar-refractivity contribution >= 4 is 22.0 Å². The number of nitrogens with one attached hydrogen (secondary N) is 1. The molecule has 0 heterocycles. The summed E-state index contributed by atoms with van der Waals surface area (Å²) >= 11 is 0. The zero-order valence-electron chi connectivity index (χ0n) is 15.3. The van der Waals surface area contributed by atoms with Crippen LogP contribution in [0, 0.1) is 11.8 Å². The average Bonchev–Trinajstić information content (AvgIpc) is 2.57. The first-order valence-corrected chi connectivity index (χ1v) is 9.55. The Hall–Kier alpha value is -2.13. The van der Waals surface area contributed by atoms with E-state index in [4.69, 9.17) is 4.74 Å². The number of sulfonamides is 1. The summed E-state index contributed by atoms with van der Waals surface area (Å²) < 4.78 is 37.3. The summed E-state index contributed by atoms with van der Waals surface area (Å²) in [5, 5.41) is 9.25. The highest BCUT2D eigenvalue weighted by Gasteiger charge is 2.25. The minimum Gasteiger partial charge on any atom is -0.497 e. The number of ether oxygens (including phenoxy) is 2. The lowest BCUT2D eigenvalue weighted by Gasteiger charge is -2.17. The molecule has 1 aromatic carbocycles. The average molecular weight is 387 g/mol. The molecular weight excluding hydrogens is 362 g/mol. The quantitative estimate of drug-likeness (QED) is 0.583. The van der Waals surface area contributed by atoms with E-state index in [2.05, 4.69) is 9.46 Å². The van der Waals surface area contributed by atoms with Crippen molar-refractivity contribution in [3.63, 3.8) is 0 Å². The van der Waals surface area contributed by atoms with Crippen molar-refractivity contribution in [1.82, 2.24) is 4.72 Å².